The summed E-state index contributed by atoms with van der Waals surface area (Å²) in [6.45, 7) is 3.96. The lowest BCUT2D eigenvalue weighted by Crippen LogP contribution is -2.13. The minimum Gasteiger partial charge on any atom is -0.322 e. The van der Waals surface area contributed by atoms with Gasteiger partial charge >= 0.3 is 0 Å². The Bertz CT molecular complexity index is 811. The van der Waals surface area contributed by atoms with Crippen LogP contribution in [0.3, 0.4) is 0 Å². The summed E-state index contributed by atoms with van der Waals surface area (Å²) >= 11 is 0. The van der Waals surface area contributed by atoms with Gasteiger partial charge in [-0.25, -0.2) is 4.68 Å². The minimum absolute atomic E-state index is 0.163. The predicted octanol–water partition coefficient (Wildman–Crippen LogP) is 2.53. The maximum Gasteiger partial charge on any atom is 0.255 e. The molecule has 0 aliphatic rings. The van der Waals surface area contributed by atoms with Crippen molar-refractivity contribution in [2.75, 3.05) is 5.32 Å². The van der Waals surface area contributed by atoms with Crippen molar-refractivity contribution in [2.45, 2.75) is 13.8 Å². The summed E-state index contributed by atoms with van der Waals surface area (Å²) in [6, 6.07) is 13.1. The second-order valence-corrected chi connectivity index (χ2v) is 5.08. The van der Waals surface area contributed by atoms with E-state index in [1.807, 2.05) is 38.1 Å². The van der Waals surface area contributed by atoms with Crippen molar-refractivity contribution in [3.05, 3.63) is 65.5 Å². The molecule has 3 aromatic rings. The molecular weight excluding hydrogens is 278 g/mol. The Balaban J connectivity index is 1.86. The van der Waals surface area contributed by atoms with Crippen LogP contribution in [-0.4, -0.2) is 26.1 Å². The largest absolute Gasteiger partial charge is 0.322 e. The third-order valence-corrected chi connectivity index (χ3v) is 3.36. The molecule has 0 atom stereocenters. The number of amides is 1. The second kappa shape index (κ2) is 5.77. The number of aryl methyl sites for hydroxylation is 2. The average Bonchev–Trinajstić information content (AvgIpc) is 3.05. The maximum absolute atomic E-state index is 12.4. The lowest BCUT2D eigenvalue weighted by molar-refractivity contribution is 0.102. The first-order chi connectivity index (χ1) is 10.6. The molecule has 6 nitrogen and oxygen atoms in total. The third kappa shape index (κ3) is 2.85. The van der Waals surface area contributed by atoms with Crippen LogP contribution >= 0.6 is 0 Å². The van der Waals surface area contributed by atoms with Crippen LogP contribution in [0.1, 0.15) is 21.5 Å². The Labute approximate surface area is 127 Å². The van der Waals surface area contributed by atoms with Crippen LogP contribution < -0.4 is 5.32 Å². The SMILES string of the molecule is Cc1ccc(C)c(NC(=O)c2cccc(-n3cnnn3)c2)c1. The van der Waals surface area contributed by atoms with E-state index in [0.29, 0.717) is 5.56 Å². The molecule has 0 aliphatic carbocycles. The summed E-state index contributed by atoms with van der Waals surface area (Å²) in [5.74, 6) is -0.163. The van der Waals surface area contributed by atoms with E-state index in [1.165, 1.54) is 11.0 Å². The van der Waals surface area contributed by atoms with Crippen LogP contribution in [0.15, 0.2) is 48.8 Å². The van der Waals surface area contributed by atoms with E-state index in [1.54, 1.807) is 18.2 Å². The fourth-order valence-electron chi connectivity index (χ4n) is 2.13. The zero-order chi connectivity index (χ0) is 15.5. The highest BCUT2D eigenvalue weighted by atomic mass is 16.1. The van der Waals surface area contributed by atoms with Crippen molar-refractivity contribution >= 4 is 11.6 Å². The Morgan fingerprint density at radius 3 is 2.77 bits per heavy atom. The normalized spacial score (nSPS) is 10.5. The van der Waals surface area contributed by atoms with E-state index in [0.717, 1.165) is 22.5 Å². The second-order valence-electron chi connectivity index (χ2n) is 5.08. The Kier molecular flexibility index (Phi) is 3.65. The van der Waals surface area contributed by atoms with Gasteiger partial charge in [-0.15, -0.1) is 5.10 Å². The van der Waals surface area contributed by atoms with Crippen molar-refractivity contribution in [3.8, 4) is 5.69 Å². The quantitative estimate of drug-likeness (QED) is 0.805. The van der Waals surface area contributed by atoms with E-state index >= 15 is 0 Å². The van der Waals surface area contributed by atoms with Crippen LogP contribution in [0, 0.1) is 13.8 Å². The lowest BCUT2D eigenvalue weighted by atomic mass is 10.1. The number of aromatic nitrogens is 4. The fraction of sp³-hybridized carbons (Fsp3) is 0.125. The molecule has 0 bridgehead atoms. The lowest BCUT2D eigenvalue weighted by Gasteiger charge is -2.10. The van der Waals surface area contributed by atoms with E-state index < -0.39 is 0 Å². The number of hydrogen-bond acceptors (Lipinski definition) is 4. The zero-order valence-electron chi connectivity index (χ0n) is 12.3. The number of carbonyl (C=O) groups is 1. The molecule has 1 N–H and O–H groups in total. The topological polar surface area (TPSA) is 72.7 Å². The molecule has 1 amide bonds. The molecule has 0 fully saturated rings. The highest BCUT2D eigenvalue weighted by molar-refractivity contribution is 6.05. The van der Waals surface area contributed by atoms with Gasteiger partial charge in [-0.1, -0.05) is 18.2 Å². The first-order valence-electron chi connectivity index (χ1n) is 6.85. The number of hydrogen-bond donors (Lipinski definition) is 1. The molecule has 110 valence electrons. The number of benzene rings is 2. The summed E-state index contributed by atoms with van der Waals surface area (Å²) in [6.07, 6.45) is 1.49. The van der Waals surface area contributed by atoms with Gasteiger partial charge in [0.15, 0.2) is 0 Å². The Morgan fingerprint density at radius 2 is 2.00 bits per heavy atom. The number of tetrazole rings is 1. The highest BCUT2D eigenvalue weighted by Gasteiger charge is 2.09. The number of rotatable bonds is 3. The molecule has 0 spiro atoms. The zero-order valence-corrected chi connectivity index (χ0v) is 12.3. The molecule has 3 rings (SSSR count). The number of nitrogens with one attached hydrogen (secondary N) is 1. The molecule has 0 unspecified atom stereocenters. The monoisotopic (exact) mass is 293 g/mol. The van der Waals surface area contributed by atoms with Crippen LogP contribution in [-0.2, 0) is 0 Å². The van der Waals surface area contributed by atoms with Gasteiger partial charge in [0, 0.05) is 11.3 Å². The van der Waals surface area contributed by atoms with Gasteiger partial charge in [0.2, 0.25) is 0 Å². The maximum atomic E-state index is 12.4. The van der Waals surface area contributed by atoms with Crippen molar-refractivity contribution in [1.29, 1.82) is 0 Å². The van der Waals surface area contributed by atoms with Gasteiger partial charge in [-0.3, -0.25) is 4.79 Å². The van der Waals surface area contributed by atoms with Crippen LogP contribution in [0.4, 0.5) is 5.69 Å². The van der Waals surface area contributed by atoms with Gasteiger partial charge < -0.3 is 5.32 Å². The summed E-state index contributed by atoms with van der Waals surface area (Å²) in [5.41, 5.74) is 4.23. The third-order valence-electron chi connectivity index (χ3n) is 3.36. The smallest absolute Gasteiger partial charge is 0.255 e. The van der Waals surface area contributed by atoms with Crippen LogP contribution in [0.25, 0.3) is 5.69 Å². The number of nitrogens with zero attached hydrogens (tertiary/aromatic N) is 4. The van der Waals surface area contributed by atoms with Crippen molar-refractivity contribution in [1.82, 2.24) is 20.2 Å². The fourth-order valence-corrected chi connectivity index (χ4v) is 2.13. The molecule has 1 aromatic heterocycles. The molecule has 6 heteroatoms. The molecule has 0 aliphatic heterocycles. The van der Waals surface area contributed by atoms with E-state index in [4.69, 9.17) is 0 Å². The standard InChI is InChI=1S/C16H15N5O/c1-11-6-7-12(2)15(8-11)18-16(22)13-4-3-5-14(9-13)21-10-17-19-20-21/h3-10H,1-2H3,(H,18,22). The van der Waals surface area contributed by atoms with Crippen molar-refractivity contribution < 1.29 is 4.79 Å². The Hall–Kier alpha value is -3.02. The summed E-state index contributed by atoms with van der Waals surface area (Å²) < 4.78 is 1.51. The number of carbonyl (C=O) groups excluding carboxylic acids is 1. The van der Waals surface area contributed by atoms with Crippen molar-refractivity contribution in [3.63, 3.8) is 0 Å². The van der Waals surface area contributed by atoms with E-state index in [2.05, 4.69) is 20.8 Å². The first kappa shape index (κ1) is 13.9. The molecule has 0 radical (unpaired) electrons. The first-order valence-corrected chi connectivity index (χ1v) is 6.85. The van der Waals surface area contributed by atoms with Gasteiger partial charge in [-0.05, 0) is 59.7 Å². The van der Waals surface area contributed by atoms with Gasteiger partial charge in [0.05, 0.1) is 5.69 Å². The molecule has 2 aromatic carbocycles. The van der Waals surface area contributed by atoms with Gasteiger partial charge in [0.1, 0.15) is 6.33 Å². The van der Waals surface area contributed by atoms with E-state index in [-0.39, 0.29) is 5.91 Å². The average molecular weight is 293 g/mol. The molecule has 22 heavy (non-hydrogen) atoms. The van der Waals surface area contributed by atoms with Crippen LogP contribution in [0.5, 0.6) is 0 Å². The molecule has 0 saturated heterocycles. The van der Waals surface area contributed by atoms with Crippen LogP contribution in [0.2, 0.25) is 0 Å². The number of anilines is 1. The summed E-state index contributed by atoms with van der Waals surface area (Å²) in [5, 5.41) is 13.9. The molecular formula is C16H15N5O. The highest BCUT2D eigenvalue weighted by Crippen LogP contribution is 2.18. The minimum atomic E-state index is -0.163. The molecule has 0 saturated carbocycles. The summed E-state index contributed by atoms with van der Waals surface area (Å²) in [4.78, 5) is 12.4. The molecule has 1 heterocycles. The summed E-state index contributed by atoms with van der Waals surface area (Å²) in [7, 11) is 0. The van der Waals surface area contributed by atoms with Gasteiger partial charge in [-0.2, -0.15) is 0 Å². The predicted molar refractivity (Wildman–Crippen MR) is 83.0 cm³/mol. The van der Waals surface area contributed by atoms with E-state index in [9.17, 15) is 4.79 Å². The van der Waals surface area contributed by atoms with Crippen molar-refractivity contribution in [2.24, 2.45) is 0 Å². The van der Waals surface area contributed by atoms with Gasteiger partial charge in [0.25, 0.3) is 5.91 Å². The Morgan fingerprint density at radius 1 is 1.14 bits per heavy atom.